The largest absolute Gasteiger partial charge is 0.266 e. The second kappa shape index (κ2) is 7.89. The van der Waals surface area contributed by atoms with Crippen LogP contribution in [0.4, 0.5) is 0 Å². The Hall–Kier alpha value is -3.04. The van der Waals surface area contributed by atoms with Gasteiger partial charge in [-0.15, -0.1) is 11.3 Å². The average Bonchev–Trinajstić information content (AvgIpc) is 3.34. The molecule has 3 heterocycles. The molecule has 0 radical (unpaired) electrons. The Bertz CT molecular complexity index is 1040. The van der Waals surface area contributed by atoms with Crippen LogP contribution in [0.25, 0.3) is 22.3 Å². The number of pyridine rings is 1. The number of fused-ring (bicyclic) bond motifs is 1. The standard InChI is InChI=1S/C18H13N5S.C2H6/c1-23-18-14(7-15(8-19)22-16(18)9-21-23)6-12-2-4-13(5-3-12)17-10-24-11-20-17;1-2/h2-5,7,9-11H,6H2,1H3;1-2H3. The summed E-state index contributed by atoms with van der Waals surface area (Å²) >= 11 is 1.59. The SMILES string of the molecule is CC.Cn1ncc2nc(C#N)cc(Cc3ccc(-c4cscn4)cc3)c21. The van der Waals surface area contributed by atoms with Crippen LogP contribution < -0.4 is 0 Å². The lowest BCUT2D eigenvalue weighted by atomic mass is 10.0. The summed E-state index contributed by atoms with van der Waals surface area (Å²) in [5.74, 6) is 0. The number of rotatable bonds is 3. The molecule has 26 heavy (non-hydrogen) atoms. The fourth-order valence-electron chi connectivity index (χ4n) is 2.84. The van der Waals surface area contributed by atoms with Gasteiger partial charge in [0.05, 0.1) is 22.9 Å². The van der Waals surface area contributed by atoms with Crippen LogP contribution in [0.3, 0.4) is 0 Å². The van der Waals surface area contributed by atoms with Gasteiger partial charge >= 0.3 is 0 Å². The monoisotopic (exact) mass is 361 g/mol. The van der Waals surface area contributed by atoms with Crippen molar-refractivity contribution in [2.24, 2.45) is 7.05 Å². The van der Waals surface area contributed by atoms with Gasteiger partial charge in [0.2, 0.25) is 0 Å². The predicted octanol–water partition coefficient (Wildman–Crippen LogP) is 4.58. The van der Waals surface area contributed by atoms with E-state index in [9.17, 15) is 5.26 Å². The van der Waals surface area contributed by atoms with Crippen LogP contribution in [0.15, 0.2) is 47.4 Å². The summed E-state index contributed by atoms with van der Waals surface area (Å²) in [6, 6.07) is 12.3. The second-order valence-electron chi connectivity index (χ2n) is 5.53. The third kappa shape index (κ3) is 3.48. The van der Waals surface area contributed by atoms with Gasteiger partial charge in [0, 0.05) is 18.0 Å². The van der Waals surface area contributed by atoms with E-state index in [1.807, 2.05) is 42.5 Å². The highest BCUT2D eigenvalue weighted by atomic mass is 32.1. The average molecular weight is 361 g/mol. The lowest BCUT2D eigenvalue weighted by Crippen LogP contribution is -1.98. The van der Waals surface area contributed by atoms with Crippen LogP contribution in [-0.2, 0) is 13.5 Å². The summed E-state index contributed by atoms with van der Waals surface area (Å²) < 4.78 is 1.81. The molecule has 0 aliphatic heterocycles. The van der Waals surface area contributed by atoms with E-state index in [0.717, 1.165) is 34.3 Å². The molecule has 0 N–H and O–H groups in total. The van der Waals surface area contributed by atoms with Crippen LogP contribution in [0.5, 0.6) is 0 Å². The number of aromatic nitrogens is 4. The molecule has 0 amide bonds. The van der Waals surface area contributed by atoms with E-state index in [-0.39, 0.29) is 0 Å². The number of benzene rings is 1. The fraction of sp³-hybridized carbons (Fsp3) is 0.200. The minimum atomic E-state index is 0.421. The third-order valence-corrected chi connectivity index (χ3v) is 4.55. The molecule has 5 nitrogen and oxygen atoms in total. The zero-order valence-electron chi connectivity index (χ0n) is 15.0. The van der Waals surface area contributed by atoms with Gasteiger partial charge < -0.3 is 0 Å². The molecule has 0 saturated heterocycles. The zero-order chi connectivity index (χ0) is 18.5. The first-order valence-corrected chi connectivity index (χ1v) is 9.38. The van der Waals surface area contributed by atoms with Gasteiger partial charge in [-0.05, 0) is 23.6 Å². The highest BCUT2D eigenvalue weighted by Gasteiger charge is 2.11. The quantitative estimate of drug-likeness (QED) is 0.535. The molecule has 130 valence electrons. The van der Waals surface area contributed by atoms with E-state index >= 15 is 0 Å². The lowest BCUT2D eigenvalue weighted by molar-refractivity contribution is 0.793. The Morgan fingerprint density at radius 2 is 1.96 bits per heavy atom. The van der Waals surface area contributed by atoms with Crippen molar-refractivity contribution in [3.63, 3.8) is 0 Å². The normalized spacial score (nSPS) is 10.2. The van der Waals surface area contributed by atoms with Crippen molar-refractivity contribution in [2.75, 3.05) is 0 Å². The molecule has 0 bridgehead atoms. The molecule has 0 aliphatic carbocycles. The Morgan fingerprint density at radius 3 is 2.62 bits per heavy atom. The van der Waals surface area contributed by atoms with Crippen LogP contribution in [0.1, 0.15) is 30.7 Å². The molecule has 4 aromatic rings. The number of nitrogens with zero attached hydrogens (tertiary/aromatic N) is 5. The number of hydrogen-bond acceptors (Lipinski definition) is 5. The molecule has 0 aliphatic rings. The van der Waals surface area contributed by atoms with Crippen molar-refractivity contribution in [3.8, 4) is 17.3 Å². The molecular weight excluding hydrogens is 342 g/mol. The van der Waals surface area contributed by atoms with E-state index in [0.29, 0.717) is 5.69 Å². The van der Waals surface area contributed by atoms with Crippen LogP contribution in [0.2, 0.25) is 0 Å². The number of nitriles is 1. The summed E-state index contributed by atoms with van der Waals surface area (Å²) in [5, 5.41) is 15.5. The van der Waals surface area contributed by atoms with Crippen molar-refractivity contribution in [1.29, 1.82) is 5.26 Å². The van der Waals surface area contributed by atoms with Crippen molar-refractivity contribution in [1.82, 2.24) is 19.7 Å². The molecule has 0 spiro atoms. The summed E-state index contributed by atoms with van der Waals surface area (Å²) in [6.45, 7) is 4.00. The van der Waals surface area contributed by atoms with E-state index in [1.165, 1.54) is 5.56 Å². The van der Waals surface area contributed by atoms with Crippen LogP contribution >= 0.6 is 11.3 Å². The Morgan fingerprint density at radius 1 is 1.19 bits per heavy atom. The predicted molar refractivity (Wildman–Crippen MR) is 105 cm³/mol. The smallest absolute Gasteiger partial charge is 0.141 e. The first-order chi connectivity index (χ1) is 12.7. The van der Waals surface area contributed by atoms with E-state index in [1.54, 1.807) is 17.5 Å². The highest BCUT2D eigenvalue weighted by Crippen LogP contribution is 2.23. The number of thiazole rings is 1. The molecule has 0 unspecified atom stereocenters. The van der Waals surface area contributed by atoms with Gasteiger partial charge in [-0.25, -0.2) is 9.97 Å². The summed E-state index contributed by atoms with van der Waals surface area (Å²) in [5.41, 5.74) is 8.31. The molecule has 3 aromatic heterocycles. The first kappa shape index (κ1) is 17.8. The van der Waals surface area contributed by atoms with Crippen molar-refractivity contribution < 1.29 is 0 Å². The molecular formula is C20H19N5S. The minimum absolute atomic E-state index is 0.421. The maximum Gasteiger partial charge on any atom is 0.141 e. The zero-order valence-corrected chi connectivity index (χ0v) is 15.8. The van der Waals surface area contributed by atoms with E-state index in [4.69, 9.17) is 0 Å². The first-order valence-electron chi connectivity index (χ1n) is 8.44. The molecule has 0 atom stereocenters. The number of aryl methyl sites for hydroxylation is 1. The Balaban J connectivity index is 0.000000948. The van der Waals surface area contributed by atoms with E-state index in [2.05, 4.69) is 45.4 Å². The molecule has 0 fully saturated rings. The van der Waals surface area contributed by atoms with Gasteiger partial charge in [0.1, 0.15) is 17.3 Å². The fourth-order valence-corrected chi connectivity index (χ4v) is 3.40. The molecule has 6 heteroatoms. The molecule has 1 aromatic carbocycles. The third-order valence-electron chi connectivity index (χ3n) is 3.97. The van der Waals surface area contributed by atoms with Gasteiger partial charge in [0.15, 0.2) is 0 Å². The topological polar surface area (TPSA) is 67.4 Å². The maximum absolute atomic E-state index is 9.19. The summed E-state index contributed by atoms with van der Waals surface area (Å²) in [4.78, 5) is 8.64. The van der Waals surface area contributed by atoms with Crippen molar-refractivity contribution in [2.45, 2.75) is 20.3 Å². The Labute approximate surface area is 156 Å². The maximum atomic E-state index is 9.19. The van der Waals surface area contributed by atoms with Gasteiger partial charge in [-0.1, -0.05) is 38.1 Å². The van der Waals surface area contributed by atoms with Gasteiger partial charge in [-0.2, -0.15) is 10.4 Å². The highest BCUT2D eigenvalue weighted by molar-refractivity contribution is 7.07. The van der Waals surface area contributed by atoms with E-state index < -0.39 is 0 Å². The minimum Gasteiger partial charge on any atom is -0.266 e. The lowest BCUT2D eigenvalue weighted by Gasteiger charge is -2.07. The number of hydrogen-bond donors (Lipinski definition) is 0. The Kier molecular flexibility index (Phi) is 5.40. The second-order valence-corrected chi connectivity index (χ2v) is 6.25. The van der Waals surface area contributed by atoms with Gasteiger partial charge in [0.25, 0.3) is 0 Å². The molecule has 4 rings (SSSR count). The van der Waals surface area contributed by atoms with Gasteiger partial charge in [-0.3, -0.25) is 4.68 Å². The summed E-state index contributed by atoms with van der Waals surface area (Å²) in [6.07, 6.45) is 2.43. The van der Waals surface area contributed by atoms with Crippen LogP contribution in [-0.4, -0.2) is 19.7 Å². The summed E-state index contributed by atoms with van der Waals surface area (Å²) in [7, 11) is 1.89. The van der Waals surface area contributed by atoms with Crippen molar-refractivity contribution in [3.05, 3.63) is 64.2 Å². The van der Waals surface area contributed by atoms with Crippen molar-refractivity contribution >= 4 is 22.4 Å². The van der Waals surface area contributed by atoms with Crippen LogP contribution in [0, 0.1) is 11.3 Å². The molecule has 0 saturated carbocycles.